The van der Waals surface area contributed by atoms with Crippen LogP contribution in [0.25, 0.3) is 0 Å². The summed E-state index contributed by atoms with van der Waals surface area (Å²) >= 11 is 3.23. The van der Waals surface area contributed by atoms with E-state index in [1.807, 2.05) is 19.9 Å². The molecule has 0 fully saturated rings. The number of hydrogen-bond donors (Lipinski definition) is 2. The van der Waals surface area contributed by atoms with E-state index in [9.17, 15) is 9.50 Å². The SMILES string of the molecule is CCCC(O)CNC(C)c1ccc(Br)cc1F. The second kappa shape index (κ2) is 7.09. The second-order valence-electron chi connectivity index (χ2n) is 4.24. The van der Waals surface area contributed by atoms with Crippen molar-refractivity contribution >= 4 is 15.9 Å². The minimum absolute atomic E-state index is 0.102. The summed E-state index contributed by atoms with van der Waals surface area (Å²) in [4.78, 5) is 0. The van der Waals surface area contributed by atoms with E-state index in [4.69, 9.17) is 0 Å². The molecule has 2 N–H and O–H groups in total. The molecule has 0 aromatic heterocycles. The van der Waals surface area contributed by atoms with Crippen LogP contribution in [0.1, 0.15) is 38.3 Å². The lowest BCUT2D eigenvalue weighted by molar-refractivity contribution is 0.157. The lowest BCUT2D eigenvalue weighted by Gasteiger charge is -2.17. The van der Waals surface area contributed by atoms with Crippen LogP contribution in [-0.4, -0.2) is 17.8 Å². The molecule has 2 nitrogen and oxygen atoms in total. The van der Waals surface area contributed by atoms with Gasteiger partial charge in [-0.15, -0.1) is 0 Å². The summed E-state index contributed by atoms with van der Waals surface area (Å²) in [5, 5.41) is 12.7. The number of nitrogens with one attached hydrogen (secondary N) is 1. The number of benzene rings is 1. The van der Waals surface area contributed by atoms with E-state index in [-0.39, 0.29) is 18.0 Å². The summed E-state index contributed by atoms with van der Waals surface area (Å²) in [7, 11) is 0. The van der Waals surface area contributed by atoms with Gasteiger partial charge in [0.1, 0.15) is 5.82 Å². The average Bonchev–Trinajstić information content (AvgIpc) is 2.26. The number of aliphatic hydroxyl groups excluding tert-OH is 1. The van der Waals surface area contributed by atoms with Crippen LogP contribution < -0.4 is 5.32 Å². The Labute approximate surface area is 110 Å². The van der Waals surface area contributed by atoms with Crippen LogP contribution in [0.3, 0.4) is 0 Å². The van der Waals surface area contributed by atoms with E-state index < -0.39 is 0 Å². The van der Waals surface area contributed by atoms with Gasteiger partial charge in [0.15, 0.2) is 0 Å². The highest BCUT2D eigenvalue weighted by Gasteiger charge is 2.12. The van der Waals surface area contributed by atoms with Crippen molar-refractivity contribution in [2.75, 3.05) is 6.54 Å². The van der Waals surface area contributed by atoms with Crippen LogP contribution >= 0.6 is 15.9 Å². The maximum Gasteiger partial charge on any atom is 0.129 e. The third-order valence-corrected chi connectivity index (χ3v) is 3.20. The van der Waals surface area contributed by atoms with Crippen LogP contribution in [0, 0.1) is 5.82 Å². The third-order valence-electron chi connectivity index (χ3n) is 2.71. The topological polar surface area (TPSA) is 32.3 Å². The lowest BCUT2D eigenvalue weighted by atomic mass is 10.1. The summed E-state index contributed by atoms with van der Waals surface area (Å²) < 4.78 is 14.4. The molecule has 4 heteroatoms. The molecule has 0 saturated heterocycles. The van der Waals surface area contributed by atoms with Gasteiger partial charge in [-0.05, 0) is 25.5 Å². The Morgan fingerprint density at radius 3 is 2.76 bits per heavy atom. The predicted octanol–water partition coefficient (Wildman–Crippen LogP) is 3.40. The van der Waals surface area contributed by atoms with Gasteiger partial charge in [-0.2, -0.15) is 0 Å². The molecule has 0 radical (unpaired) electrons. The highest BCUT2D eigenvalue weighted by atomic mass is 79.9. The number of hydrogen-bond acceptors (Lipinski definition) is 2. The average molecular weight is 304 g/mol. The fraction of sp³-hybridized carbons (Fsp3) is 0.538. The molecule has 0 saturated carbocycles. The monoisotopic (exact) mass is 303 g/mol. The Bertz CT molecular complexity index is 359. The van der Waals surface area contributed by atoms with Crippen molar-refractivity contribution in [1.82, 2.24) is 5.32 Å². The predicted molar refractivity (Wildman–Crippen MR) is 71.4 cm³/mol. The molecule has 0 heterocycles. The Balaban J connectivity index is 2.54. The molecule has 96 valence electrons. The van der Waals surface area contributed by atoms with E-state index in [0.29, 0.717) is 12.1 Å². The van der Waals surface area contributed by atoms with Crippen molar-refractivity contribution in [3.63, 3.8) is 0 Å². The normalized spacial score (nSPS) is 14.6. The van der Waals surface area contributed by atoms with Crippen LogP contribution in [-0.2, 0) is 0 Å². The molecule has 1 rings (SSSR count). The molecule has 0 aliphatic heterocycles. The molecule has 0 bridgehead atoms. The highest BCUT2D eigenvalue weighted by molar-refractivity contribution is 9.10. The van der Waals surface area contributed by atoms with Gasteiger partial charge in [-0.25, -0.2) is 4.39 Å². The van der Waals surface area contributed by atoms with E-state index in [0.717, 1.165) is 17.3 Å². The molecular formula is C13H19BrFNO. The summed E-state index contributed by atoms with van der Waals surface area (Å²) in [5.41, 5.74) is 0.622. The van der Waals surface area contributed by atoms with Crippen LogP contribution in [0.4, 0.5) is 4.39 Å². The summed E-state index contributed by atoms with van der Waals surface area (Å²) in [6.07, 6.45) is 1.35. The van der Waals surface area contributed by atoms with Gasteiger partial charge >= 0.3 is 0 Å². The van der Waals surface area contributed by atoms with E-state index in [2.05, 4.69) is 21.2 Å². The van der Waals surface area contributed by atoms with Crippen molar-refractivity contribution in [3.05, 3.63) is 34.1 Å². The summed E-state index contributed by atoms with van der Waals surface area (Å²) in [6, 6.07) is 4.92. The molecule has 0 aliphatic carbocycles. The zero-order chi connectivity index (χ0) is 12.8. The van der Waals surface area contributed by atoms with Gasteiger partial charge in [0.25, 0.3) is 0 Å². The van der Waals surface area contributed by atoms with Gasteiger partial charge in [0, 0.05) is 22.6 Å². The van der Waals surface area contributed by atoms with Gasteiger partial charge in [0.2, 0.25) is 0 Å². The number of halogens is 2. The minimum Gasteiger partial charge on any atom is -0.392 e. The lowest BCUT2D eigenvalue weighted by Crippen LogP contribution is -2.29. The number of rotatable bonds is 6. The van der Waals surface area contributed by atoms with Crippen molar-refractivity contribution in [3.8, 4) is 0 Å². The Morgan fingerprint density at radius 1 is 1.47 bits per heavy atom. The molecule has 2 atom stereocenters. The van der Waals surface area contributed by atoms with E-state index >= 15 is 0 Å². The largest absolute Gasteiger partial charge is 0.392 e. The summed E-state index contributed by atoms with van der Waals surface area (Å²) in [6.45, 7) is 4.41. The zero-order valence-corrected chi connectivity index (χ0v) is 11.8. The van der Waals surface area contributed by atoms with Crippen molar-refractivity contribution in [2.24, 2.45) is 0 Å². The Kier molecular flexibility index (Phi) is 6.09. The standard InChI is InChI=1S/C13H19BrFNO/c1-3-4-11(17)8-16-9(2)12-6-5-10(14)7-13(12)15/h5-7,9,11,16-17H,3-4,8H2,1-2H3. The van der Waals surface area contributed by atoms with Gasteiger partial charge in [0.05, 0.1) is 6.10 Å². The van der Waals surface area contributed by atoms with Crippen LogP contribution in [0.5, 0.6) is 0 Å². The van der Waals surface area contributed by atoms with Crippen LogP contribution in [0.2, 0.25) is 0 Å². The van der Waals surface area contributed by atoms with Crippen molar-refractivity contribution in [1.29, 1.82) is 0 Å². The van der Waals surface area contributed by atoms with Gasteiger partial charge < -0.3 is 10.4 Å². The molecule has 0 spiro atoms. The van der Waals surface area contributed by atoms with E-state index in [1.54, 1.807) is 6.07 Å². The second-order valence-corrected chi connectivity index (χ2v) is 5.15. The first kappa shape index (κ1) is 14.6. The van der Waals surface area contributed by atoms with Crippen molar-refractivity contribution < 1.29 is 9.50 Å². The molecule has 0 aliphatic rings. The smallest absolute Gasteiger partial charge is 0.129 e. The first-order valence-corrected chi connectivity index (χ1v) is 6.70. The first-order valence-electron chi connectivity index (χ1n) is 5.91. The molecule has 0 amide bonds. The van der Waals surface area contributed by atoms with Gasteiger partial charge in [-0.1, -0.05) is 35.3 Å². The zero-order valence-electron chi connectivity index (χ0n) is 10.2. The van der Waals surface area contributed by atoms with Gasteiger partial charge in [-0.3, -0.25) is 0 Å². The quantitative estimate of drug-likeness (QED) is 0.844. The maximum absolute atomic E-state index is 13.6. The van der Waals surface area contributed by atoms with Crippen molar-refractivity contribution in [2.45, 2.75) is 38.8 Å². The Hall–Kier alpha value is -0.450. The Morgan fingerprint density at radius 2 is 2.18 bits per heavy atom. The molecule has 1 aromatic carbocycles. The minimum atomic E-state index is -0.360. The molecule has 17 heavy (non-hydrogen) atoms. The molecular weight excluding hydrogens is 285 g/mol. The highest BCUT2D eigenvalue weighted by Crippen LogP contribution is 2.20. The third kappa shape index (κ3) is 4.74. The fourth-order valence-corrected chi connectivity index (χ4v) is 2.04. The molecule has 1 aromatic rings. The maximum atomic E-state index is 13.6. The fourth-order valence-electron chi connectivity index (χ4n) is 1.71. The summed E-state index contributed by atoms with van der Waals surface area (Å²) in [5.74, 6) is -0.232. The molecule has 2 unspecified atom stereocenters. The van der Waals surface area contributed by atoms with E-state index in [1.165, 1.54) is 6.07 Å². The van der Waals surface area contributed by atoms with Crippen LogP contribution in [0.15, 0.2) is 22.7 Å². The first-order chi connectivity index (χ1) is 8.04. The number of aliphatic hydroxyl groups is 1.